The SMILES string of the molecule is CCCn1c(=O)n(CCC(=O)O[C@@H](C)C(=O)NCC)c2ccccc21. The van der Waals surface area contributed by atoms with Crippen LogP contribution in [0.1, 0.15) is 33.6 Å². The second-order valence-corrected chi connectivity index (χ2v) is 5.85. The standard InChI is InChI=1S/C18H25N3O4/c1-4-11-20-14-8-6-7-9-15(14)21(18(20)24)12-10-16(22)25-13(3)17(23)19-5-2/h6-9,13H,4-5,10-12H2,1-3H3,(H,19,23)/t13-/m0/s1. The van der Waals surface area contributed by atoms with Crippen LogP contribution in [-0.4, -0.2) is 33.7 Å². The molecule has 1 aromatic carbocycles. The van der Waals surface area contributed by atoms with Crippen LogP contribution in [0.2, 0.25) is 0 Å². The van der Waals surface area contributed by atoms with Crippen molar-refractivity contribution in [3.05, 3.63) is 34.7 Å². The second kappa shape index (κ2) is 8.50. The number of aromatic nitrogens is 2. The van der Waals surface area contributed by atoms with E-state index in [1.807, 2.05) is 31.2 Å². The van der Waals surface area contributed by atoms with Crippen LogP contribution in [0.25, 0.3) is 11.0 Å². The molecule has 1 heterocycles. The number of carbonyl (C=O) groups excluding carboxylic acids is 2. The topological polar surface area (TPSA) is 82.3 Å². The summed E-state index contributed by atoms with van der Waals surface area (Å²) in [6.07, 6.45) is 0.0367. The molecule has 0 radical (unpaired) electrons. The molecule has 0 aliphatic heterocycles. The van der Waals surface area contributed by atoms with Crippen LogP contribution in [0.3, 0.4) is 0 Å². The van der Waals surface area contributed by atoms with E-state index >= 15 is 0 Å². The van der Waals surface area contributed by atoms with E-state index < -0.39 is 12.1 Å². The molecule has 2 aromatic rings. The average Bonchev–Trinajstić information content (AvgIpc) is 2.85. The summed E-state index contributed by atoms with van der Waals surface area (Å²) in [6, 6.07) is 7.52. The number of esters is 1. The Morgan fingerprint density at radius 3 is 2.28 bits per heavy atom. The molecule has 136 valence electrons. The van der Waals surface area contributed by atoms with Crippen molar-refractivity contribution in [2.24, 2.45) is 0 Å². The number of benzene rings is 1. The number of likely N-dealkylation sites (N-methyl/N-ethyl adjacent to an activating group) is 1. The Kier molecular flexibility index (Phi) is 6.38. The van der Waals surface area contributed by atoms with Gasteiger partial charge in [-0.25, -0.2) is 4.79 Å². The lowest BCUT2D eigenvalue weighted by atomic mass is 10.3. The summed E-state index contributed by atoms with van der Waals surface area (Å²) in [4.78, 5) is 36.2. The fraction of sp³-hybridized carbons (Fsp3) is 0.500. The lowest BCUT2D eigenvalue weighted by Gasteiger charge is -2.12. The third-order valence-corrected chi connectivity index (χ3v) is 3.94. The lowest BCUT2D eigenvalue weighted by molar-refractivity contribution is -0.155. The molecule has 0 unspecified atom stereocenters. The van der Waals surface area contributed by atoms with Crippen molar-refractivity contribution in [1.82, 2.24) is 14.5 Å². The van der Waals surface area contributed by atoms with E-state index in [2.05, 4.69) is 5.32 Å². The third-order valence-electron chi connectivity index (χ3n) is 3.94. The van der Waals surface area contributed by atoms with Gasteiger partial charge in [0.2, 0.25) is 0 Å². The van der Waals surface area contributed by atoms with Crippen LogP contribution in [0, 0.1) is 0 Å². The molecule has 0 fully saturated rings. The number of rotatable bonds is 8. The van der Waals surface area contributed by atoms with E-state index in [-0.39, 0.29) is 24.6 Å². The van der Waals surface area contributed by atoms with Crippen molar-refractivity contribution in [2.45, 2.75) is 52.8 Å². The van der Waals surface area contributed by atoms with Crippen molar-refractivity contribution in [2.75, 3.05) is 6.54 Å². The zero-order valence-electron chi connectivity index (χ0n) is 14.9. The first-order chi connectivity index (χ1) is 12.0. The first kappa shape index (κ1) is 18.8. The third kappa shape index (κ3) is 4.29. The van der Waals surface area contributed by atoms with Crippen molar-refractivity contribution in [3.8, 4) is 0 Å². The monoisotopic (exact) mass is 347 g/mol. The maximum absolute atomic E-state index is 12.6. The highest BCUT2D eigenvalue weighted by Gasteiger charge is 2.18. The summed E-state index contributed by atoms with van der Waals surface area (Å²) in [5, 5.41) is 2.60. The Labute approximate surface area is 146 Å². The van der Waals surface area contributed by atoms with Gasteiger partial charge in [0, 0.05) is 19.6 Å². The van der Waals surface area contributed by atoms with Crippen LogP contribution in [0.15, 0.2) is 29.1 Å². The number of hydrogen-bond acceptors (Lipinski definition) is 4. The minimum Gasteiger partial charge on any atom is -0.452 e. The number of nitrogens with zero attached hydrogens (tertiary/aromatic N) is 2. The highest BCUT2D eigenvalue weighted by molar-refractivity contribution is 5.83. The maximum atomic E-state index is 12.6. The Bertz CT molecular complexity index is 806. The summed E-state index contributed by atoms with van der Waals surface area (Å²) in [6.45, 7) is 6.67. The van der Waals surface area contributed by atoms with Crippen LogP contribution in [0.5, 0.6) is 0 Å². The van der Waals surface area contributed by atoms with Gasteiger partial charge in [-0.1, -0.05) is 19.1 Å². The number of aryl methyl sites for hydroxylation is 2. The number of carbonyl (C=O) groups is 2. The molecule has 0 aliphatic carbocycles. The van der Waals surface area contributed by atoms with Gasteiger partial charge in [0.15, 0.2) is 6.10 Å². The zero-order chi connectivity index (χ0) is 18.4. The molecule has 7 heteroatoms. The number of amides is 1. The van der Waals surface area contributed by atoms with E-state index in [9.17, 15) is 14.4 Å². The molecule has 1 atom stereocenters. The summed E-state index contributed by atoms with van der Waals surface area (Å²) in [5.41, 5.74) is 1.52. The highest BCUT2D eigenvalue weighted by atomic mass is 16.5. The van der Waals surface area contributed by atoms with Crippen molar-refractivity contribution >= 4 is 22.9 Å². The number of imidazole rings is 1. The highest BCUT2D eigenvalue weighted by Crippen LogP contribution is 2.13. The minimum absolute atomic E-state index is 0.0315. The first-order valence-electron chi connectivity index (χ1n) is 8.64. The Balaban J connectivity index is 2.11. The van der Waals surface area contributed by atoms with Crippen LogP contribution in [0.4, 0.5) is 0 Å². The lowest BCUT2D eigenvalue weighted by Crippen LogP contribution is -2.36. The van der Waals surface area contributed by atoms with E-state index in [4.69, 9.17) is 4.74 Å². The van der Waals surface area contributed by atoms with Gasteiger partial charge in [-0.2, -0.15) is 0 Å². The maximum Gasteiger partial charge on any atom is 0.329 e. The van der Waals surface area contributed by atoms with Crippen LogP contribution >= 0.6 is 0 Å². The van der Waals surface area contributed by atoms with E-state index in [0.29, 0.717) is 13.1 Å². The van der Waals surface area contributed by atoms with Crippen molar-refractivity contribution in [1.29, 1.82) is 0 Å². The molecule has 0 saturated heterocycles. The number of para-hydroxylation sites is 2. The fourth-order valence-electron chi connectivity index (χ4n) is 2.76. The van der Waals surface area contributed by atoms with Gasteiger partial charge >= 0.3 is 11.7 Å². The zero-order valence-corrected chi connectivity index (χ0v) is 14.9. The molecule has 25 heavy (non-hydrogen) atoms. The quantitative estimate of drug-likeness (QED) is 0.737. The number of ether oxygens (including phenoxy) is 1. The largest absolute Gasteiger partial charge is 0.452 e. The molecular weight excluding hydrogens is 322 g/mol. The van der Waals surface area contributed by atoms with E-state index in [0.717, 1.165) is 17.5 Å². The smallest absolute Gasteiger partial charge is 0.329 e. The van der Waals surface area contributed by atoms with Gasteiger partial charge in [0.25, 0.3) is 5.91 Å². The summed E-state index contributed by atoms with van der Waals surface area (Å²) in [7, 11) is 0. The predicted octanol–water partition coefficient (Wildman–Crippen LogP) is 1.67. The normalized spacial score (nSPS) is 12.1. The van der Waals surface area contributed by atoms with Crippen molar-refractivity contribution < 1.29 is 14.3 Å². The molecule has 2 rings (SSSR count). The first-order valence-corrected chi connectivity index (χ1v) is 8.64. The van der Waals surface area contributed by atoms with Crippen LogP contribution in [-0.2, 0) is 27.4 Å². The molecule has 0 bridgehead atoms. The summed E-state index contributed by atoms with van der Waals surface area (Å²) < 4.78 is 8.43. The fourth-order valence-corrected chi connectivity index (χ4v) is 2.76. The van der Waals surface area contributed by atoms with E-state index in [1.165, 1.54) is 6.92 Å². The van der Waals surface area contributed by atoms with Gasteiger partial charge in [0.05, 0.1) is 17.5 Å². The predicted molar refractivity (Wildman–Crippen MR) is 95.3 cm³/mol. The number of nitrogens with one attached hydrogen (secondary N) is 1. The molecule has 7 nitrogen and oxygen atoms in total. The Morgan fingerprint density at radius 1 is 1.12 bits per heavy atom. The summed E-state index contributed by atoms with van der Waals surface area (Å²) >= 11 is 0. The Morgan fingerprint density at radius 2 is 1.72 bits per heavy atom. The Hall–Kier alpha value is -2.57. The molecular formula is C18H25N3O4. The molecule has 0 aliphatic rings. The van der Waals surface area contributed by atoms with Crippen LogP contribution < -0.4 is 11.0 Å². The number of hydrogen-bond donors (Lipinski definition) is 1. The van der Waals surface area contributed by atoms with Crippen molar-refractivity contribution in [3.63, 3.8) is 0 Å². The second-order valence-electron chi connectivity index (χ2n) is 5.85. The molecule has 0 spiro atoms. The van der Waals surface area contributed by atoms with Gasteiger partial charge in [-0.3, -0.25) is 18.7 Å². The van der Waals surface area contributed by atoms with Gasteiger partial charge in [-0.05, 0) is 32.4 Å². The number of fused-ring (bicyclic) bond motifs is 1. The minimum atomic E-state index is -0.842. The van der Waals surface area contributed by atoms with Gasteiger partial charge < -0.3 is 10.1 Å². The molecule has 1 N–H and O–H groups in total. The molecule has 1 amide bonds. The van der Waals surface area contributed by atoms with E-state index in [1.54, 1.807) is 16.1 Å². The van der Waals surface area contributed by atoms with Gasteiger partial charge in [-0.15, -0.1) is 0 Å². The summed E-state index contributed by atoms with van der Waals surface area (Å²) in [5.74, 6) is -0.828. The molecule has 1 aromatic heterocycles. The molecule has 0 saturated carbocycles. The average molecular weight is 347 g/mol. The van der Waals surface area contributed by atoms with Gasteiger partial charge in [0.1, 0.15) is 0 Å².